The SMILES string of the molecule is CN1CC[C@@H](Nc2ccc(-c3ccc(F)cc3O)nn2)C1. The van der Waals surface area contributed by atoms with E-state index in [0.717, 1.165) is 25.6 Å². The fourth-order valence-corrected chi connectivity index (χ4v) is 2.54. The van der Waals surface area contributed by atoms with E-state index in [9.17, 15) is 9.50 Å². The first-order valence-corrected chi connectivity index (χ1v) is 6.89. The Labute approximate surface area is 122 Å². The highest BCUT2D eigenvalue weighted by Crippen LogP contribution is 2.28. The van der Waals surface area contributed by atoms with E-state index in [2.05, 4.69) is 27.5 Å². The van der Waals surface area contributed by atoms with Crippen LogP contribution in [-0.4, -0.2) is 46.4 Å². The molecule has 1 atom stereocenters. The van der Waals surface area contributed by atoms with Gasteiger partial charge in [0, 0.05) is 24.2 Å². The van der Waals surface area contributed by atoms with Crippen molar-refractivity contribution in [1.82, 2.24) is 15.1 Å². The van der Waals surface area contributed by atoms with Crippen LogP contribution in [0.15, 0.2) is 30.3 Å². The van der Waals surface area contributed by atoms with Gasteiger partial charge in [0.15, 0.2) is 0 Å². The minimum atomic E-state index is -0.479. The number of likely N-dealkylation sites (N-methyl/N-ethyl adjacent to an activating group) is 1. The minimum Gasteiger partial charge on any atom is -0.507 e. The van der Waals surface area contributed by atoms with Crippen molar-refractivity contribution in [2.75, 3.05) is 25.5 Å². The Bertz CT molecular complexity index is 632. The lowest BCUT2D eigenvalue weighted by atomic mass is 10.1. The third-order valence-corrected chi connectivity index (χ3v) is 3.64. The third kappa shape index (κ3) is 3.11. The Morgan fingerprint density at radius 3 is 2.76 bits per heavy atom. The van der Waals surface area contributed by atoms with Gasteiger partial charge in [-0.05, 0) is 44.3 Å². The molecule has 21 heavy (non-hydrogen) atoms. The number of nitrogens with zero attached hydrogens (tertiary/aromatic N) is 3. The van der Waals surface area contributed by atoms with Crippen LogP contribution in [0.25, 0.3) is 11.3 Å². The molecule has 6 heteroatoms. The first-order chi connectivity index (χ1) is 10.1. The highest BCUT2D eigenvalue weighted by atomic mass is 19.1. The van der Waals surface area contributed by atoms with Crippen LogP contribution in [0.4, 0.5) is 10.2 Å². The normalized spacial score (nSPS) is 18.9. The summed E-state index contributed by atoms with van der Waals surface area (Å²) >= 11 is 0. The summed E-state index contributed by atoms with van der Waals surface area (Å²) in [7, 11) is 2.09. The fourth-order valence-electron chi connectivity index (χ4n) is 2.54. The smallest absolute Gasteiger partial charge is 0.148 e. The predicted octanol–water partition coefficient (Wildman–Crippen LogP) is 2.10. The summed E-state index contributed by atoms with van der Waals surface area (Å²) in [4.78, 5) is 2.26. The predicted molar refractivity (Wildman–Crippen MR) is 78.6 cm³/mol. The van der Waals surface area contributed by atoms with E-state index < -0.39 is 5.82 Å². The summed E-state index contributed by atoms with van der Waals surface area (Å²) in [5.41, 5.74) is 0.984. The molecule has 2 heterocycles. The number of hydrogen-bond donors (Lipinski definition) is 2. The second-order valence-corrected chi connectivity index (χ2v) is 5.36. The lowest BCUT2D eigenvalue weighted by Crippen LogP contribution is -2.24. The minimum absolute atomic E-state index is 0.137. The Hall–Kier alpha value is -2.21. The topological polar surface area (TPSA) is 61.3 Å². The van der Waals surface area contributed by atoms with Gasteiger partial charge in [-0.3, -0.25) is 0 Å². The molecular weight excluding hydrogens is 271 g/mol. The summed E-state index contributed by atoms with van der Waals surface area (Å²) < 4.78 is 13.0. The van der Waals surface area contributed by atoms with Crippen LogP contribution in [0.1, 0.15) is 6.42 Å². The zero-order chi connectivity index (χ0) is 14.8. The molecule has 0 bridgehead atoms. The number of halogens is 1. The van der Waals surface area contributed by atoms with E-state index in [0.29, 0.717) is 23.1 Å². The Balaban J connectivity index is 1.74. The summed E-state index contributed by atoms with van der Waals surface area (Å²) in [5, 5.41) is 21.3. The van der Waals surface area contributed by atoms with E-state index in [-0.39, 0.29) is 5.75 Å². The van der Waals surface area contributed by atoms with Crippen molar-refractivity contribution in [1.29, 1.82) is 0 Å². The zero-order valence-corrected chi connectivity index (χ0v) is 11.8. The van der Waals surface area contributed by atoms with Crippen LogP contribution in [0.3, 0.4) is 0 Å². The van der Waals surface area contributed by atoms with Gasteiger partial charge in [0.1, 0.15) is 17.4 Å². The first kappa shape index (κ1) is 13.8. The van der Waals surface area contributed by atoms with Crippen molar-refractivity contribution >= 4 is 5.82 Å². The number of aromatic hydroxyl groups is 1. The van der Waals surface area contributed by atoms with Gasteiger partial charge in [-0.25, -0.2) is 4.39 Å². The lowest BCUT2D eigenvalue weighted by Gasteiger charge is -2.13. The van der Waals surface area contributed by atoms with Crippen LogP contribution >= 0.6 is 0 Å². The Morgan fingerprint density at radius 2 is 2.14 bits per heavy atom. The van der Waals surface area contributed by atoms with E-state index in [1.54, 1.807) is 6.07 Å². The molecule has 1 saturated heterocycles. The molecule has 0 aliphatic carbocycles. The van der Waals surface area contributed by atoms with Gasteiger partial charge in [-0.15, -0.1) is 10.2 Å². The molecular formula is C15H17FN4O. The molecule has 1 aliphatic rings. The average Bonchev–Trinajstić information content (AvgIpc) is 2.85. The molecule has 1 fully saturated rings. The number of aromatic nitrogens is 2. The van der Waals surface area contributed by atoms with E-state index in [4.69, 9.17) is 0 Å². The van der Waals surface area contributed by atoms with Crippen molar-refractivity contribution in [3.8, 4) is 17.0 Å². The van der Waals surface area contributed by atoms with Crippen LogP contribution in [-0.2, 0) is 0 Å². The molecule has 0 unspecified atom stereocenters. The number of likely N-dealkylation sites (tertiary alicyclic amines) is 1. The monoisotopic (exact) mass is 288 g/mol. The van der Waals surface area contributed by atoms with Crippen molar-refractivity contribution < 1.29 is 9.50 Å². The number of hydrogen-bond acceptors (Lipinski definition) is 5. The first-order valence-electron chi connectivity index (χ1n) is 6.89. The molecule has 0 radical (unpaired) electrons. The molecule has 1 aliphatic heterocycles. The zero-order valence-electron chi connectivity index (χ0n) is 11.8. The lowest BCUT2D eigenvalue weighted by molar-refractivity contribution is 0.414. The van der Waals surface area contributed by atoms with Crippen LogP contribution in [0, 0.1) is 5.82 Å². The molecule has 0 spiro atoms. The van der Waals surface area contributed by atoms with Gasteiger partial charge in [0.05, 0.1) is 5.69 Å². The number of anilines is 1. The standard InChI is InChI=1S/C15H17FN4O/c1-20-7-6-11(9-20)17-15-5-4-13(18-19-15)12-3-2-10(16)8-14(12)21/h2-5,8,11,21H,6-7,9H2,1H3,(H,17,19)/t11-/m1/s1. The quantitative estimate of drug-likeness (QED) is 0.905. The molecule has 110 valence electrons. The van der Waals surface area contributed by atoms with E-state index >= 15 is 0 Å². The van der Waals surface area contributed by atoms with Crippen molar-refractivity contribution in [2.45, 2.75) is 12.5 Å². The highest BCUT2D eigenvalue weighted by molar-refractivity contribution is 5.66. The van der Waals surface area contributed by atoms with Gasteiger partial charge >= 0.3 is 0 Å². The summed E-state index contributed by atoms with van der Waals surface area (Å²) in [6.45, 7) is 2.06. The summed E-state index contributed by atoms with van der Waals surface area (Å²) in [6.07, 6.45) is 1.08. The van der Waals surface area contributed by atoms with Gasteiger partial charge in [0.2, 0.25) is 0 Å². The molecule has 0 saturated carbocycles. The molecule has 1 aromatic heterocycles. The molecule has 0 amide bonds. The number of phenols is 1. The van der Waals surface area contributed by atoms with E-state index in [1.165, 1.54) is 12.1 Å². The van der Waals surface area contributed by atoms with Crippen LogP contribution < -0.4 is 5.32 Å². The fraction of sp³-hybridized carbons (Fsp3) is 0.333. The van der Waals surface area contributed by atoms with Crippen molar-refractivity contribution in [2.24, 2.45) is 0 Å². The average molecular weight is 288 g/mol. The van der Waals surface area contributed by atoms with Crippen molar-refractivity contribution in [3.63, 3.8) is 0 Å². The molecule has 2 N–H and O–H groups in total. The number of phenolic OH excluding ortho intramolecular Hbond substituents is 1. The molecule has 1 aromatic carbocycles. The van der Waals surface area contributed by atoms with Crippen LogP contribution in [0.2, 0.25) is 0 Å². The molecule has 3 rings (SSSR count). The highest BCUT2D eigenvalue weighted by Gasteiger charge is 2.19. The van der Waals surface area contributed by atoms with Gasteiger partial charge in [-0.2, -0.15) is 0 Å². The van der Waals surface area contributed by atoms with Gasteiger partial charge in [-0.1, -0.05) is 0 Å². The number of nitrogens with one attached hydrogen (secondary N) is 1. The van der Waals surface area contributed by atoms with Crippen molar-refractivity contribution in [3.05, 3.63) is 36.1 Å². The summed E-state index contributed by atoms with van der Waals surface area (Å²) in [5.74, 6) is 0.0935. The molecule has 5 nitrogen and oxygen atoms in total. The number of benzene rings is 1. The largest absolute Gasteiger partial charge is 0.507 e. The second-order valence-electron chi connectivity index (χ2n) is 5.36. The summed E-state index contributed by atoms with van der Waals surface area (Å²) in [6, 6.07) is 7.82. The Kier molecular flexibility index (Phi) is 3.70. The maximum Gasteiger partial charge on any atom is 0.148 e. The second kappa shape index (κ2) is 5.65. The molecule has 2 aromatic rings. The number of rotatable bonds is 3. The maximum atomic E-state index is 13.0. The van der Waals surface area contributed by atoms with Crippen LogP contribution in [0.5, 0.6) is 5.75 Å². The maximum absolute atomic E-state index is 13.0. The van der Waals surface area contributed by atoms with Gasteiger partial charge < -0.3 is 15.3 Å². The Morgan fingerprint density at radius 1 is 1.29 bits per heavy atom. The third-order valence-electron chi connectivity index (χ3n) is 3.64. The van der Waals surface area contributed by atoms with E-state index in [1.807, 2.05) is 6.07 Å². The van der Waals surface area contributed by atoms with Gasteiger partial charge in [0.25, 0.3) is 0 Å².